The molecule has 0 aliphatic carbocycles. The second kappa shape index (κ2) is 8.36. The number of fused-ring (bicyclic) bond motifs is 1. The number of carbonyl (C=O) groups excluding carboxylic acids is 2. The van der Waals surface area contributed by atoms with Gasteiger partial charge in [0.1, 0.15) is 18.4 Å². The molecule has 0 aliphatic heterocycles. The summed E-state index contributed by atoms with van der Waals surface area (Å²) in [6, 6.07) is 21.7. The first-order valence-electron chi connectivity index (χ1n) is 8.69. The fourth-order valence-corrected chi connectivity index (χ4v) is 2.62. The molecule has 0 aliphatic rings. The third kappa shape index (κ3) is 4.44. The molecule has 1 atom stereocenters. The van der Waals surface area contributed by atoms with E-state index in [0.29, 0.717) is 5.75 Å². The maximum atomic E-state index is 12.5. The monoisotopic (exact) mass is 363 g/mol. The van der Waals surface area contributed by atoms with Crippen LogP contribution in [0, 0.1) is 0 Å². The average Bonchev–Trinajstić information content (AvgIpc) is 2.72. The number of hydrogen-bond acceptors (Lipinski definition) is 4. The Bertz CT molecular complexity index is 934. The summed E-state index contributed by atoms with van der Waals surface area (Å²) in [7, 11) is 1.52. The zero-order valence-corrected chi connectivity index (χ0v) is 15.3. The maximum Gasteiger partial charge on any atom is 0.410 e. The van der Waals surface area contributed by atoms with Crippen molar-refractivity contribution in [3.05, 3.63) is 78.4 Å². The predicted molar refractivity (Wildman–Crippen MR) is 103 cm³/mol. The Hall–Kier alpha value is -3.34. The highest BCUT2D eigenvalue weighted by molar-refractivity contribution is 5.91. The van der Waals surface area contributed by atoms with Gasteiger partial charge < -0.3 is 9.47 Å². The summed E-state index contributed by atoms with van der Waals surface area (Å²) in [5.74, 6) is -0.0542. The smallest absolute Gasteiger partial charge is 0.410 e. The van der Waals surface area contributed by atoms with Crippen LogP contribution in [0.4, 0.5) is 4.79 Å². The second-order valence-corrected chi connectivity index (χ2v) is 6.23. The van der Waals surface area contributed by atoms with Crippen LogP contribution < -0.4 is 4.74 Å². The number of nitrogens with zero attached hydrogens (tertiary/aromatic N) is 1. The Labute approximate surface area is 158 Å². The Morgan fingerprint density at radius 3 is 2.37 bits per heavy atom. The van der Waals surface area contributed by atoms with Gasteiger partial charge >= 0.3 is 12.1 Å². The molecule has 3 aromatic carbocycles. The van der Waals surface area contributed by atoms with Crippen molar-refractivity contribution in [2.45, 2.75) is 19.6 Å². The molecule has 0 unspecified atom stereocenters. The van der Waals surface area contributed by atoms with Crippen LogP contribution in [0.3, 0.4) is 0 Å². The molecule has 0 N–H and O–H groups in total. The lowest BCUT2D eigenvalue weighted by Gasteiger charge is -2.23. The van der Waals surface area contributed by atoms with Crippen molar-refractivity contribution < 1.29 is 19.1 Å². The van der Waals surface area contributed by atoms with Crippen molar-refractivity contribution in [1.29, 1.82) is 0 Å². The van der Waals surface area contributed by atoms with E-state index in [9.17, 15) is 9.59 Å². The van der Waals surface area contributed by atoms with Crippen molar-refractivity contribution in [3.8, 4) is 5.75 Å². The minimum absolute atomic E-state index is 0.148. The minimum Gasteiger partial charge on any atom is -0.445 e. The molecule has 0 saturated heterocycles. The van der Waals surface area contributed by atoms with Gasteiger partial charge in [0.05, 0.1) is 0 Å². The van der Waals surface area contributed by atoms with Crippen LogP contribution in [-0.4, -0.2) is 30.1 Å². The van der Waals surface area contributed by atoms with Crippen molar-refractivity contribution in [2.24, 2.45) is 0 Å². The van der Waals surface area contributed by atoms with Gasteiger partial charge in [0.15, 0.2) is 0 Å². The standard InChI is InChI=1S/C22H21NO4/c1-16(23(2)22(25)26-15-17-9-4-3-5-10-17)21(24)27-20-14-8-12-18-11-6-7-13-19(18)20/h3-14,16H,15H2,1-2H3/t16-/m0/s1. The first kappa shape index (κ1) is 18.5. The zero-order valence-electron chi connectivity index (χ0n) is 15.3. The van der Waals surface area contributed by atoms with Gasteiger partial charge in [0.2, 0.25) is 0 Å². The highest BCUT2D eigenvalue weighted by Crippen LogP contribution is 2.25. The SMILES string of the molecule is C[C@@H](C(=O)Oc1cccc2ccccc12)N(C)C(=O)OCc1ccccc1. The first-order valence-corrected chi connectivity index (χ1v) is 8.69. The average molecular weight is 363 g/mol. The molecule has 3 aromatic rings. The van der Waals surface area contributed by atoms with Crippen molar-refractivity contribution in [1.82, 2.24) is 4.90 Å². The maximum absolute atomic E-state index is 12.5. The predicted octanol–water partition coefficient (Wildman–Crippen LogP) is 4.40. The van der Waals surface area contributed by atoms with Gasteiger partial charge in [-0.15, -0.1) is 0 Å². The summed E-state index contributed by atoms with van der Waals surface area (Å²) in [4.78, 5) is 26.0. The summed E-state index contributed by atoms with van der Waals surface area (Å²) in [5, 5.41) is 1.82. The van der Waals surface area contributed by atoms with Crippen LogP contribution >= 0.6 is 0 Å². The number of carbonyl (C=O) groups is 2. The molecule has 5 heteroatoms. The quantitative estimate of drug-likeness (QED) is 0.498. The third-order valence-corrected chi connectivity index (χ3v) is 4.38. The molecule has 5 nitrogen and oxygen atoms in total. The third-order valence-electron chi connectivity index (χ3n) is 4.38. The molecular weight excluding hydrogens is 342 g/mol. The molecule has 0 radical (unpaired) electrons. The molecule has 1 amide bonds. The van der Waals surface area contributed by atoms with Crippen LogP contribution in [0.5, 0.6) is 5.75 Å². The van der Waals surface area contributed by atoms with E-state index >= 15 is 0 Å². The molecule has 3 rings (SSSR count). The Balaban J connectivity index is 1.62. The number of ether oxygens (including phenoxy) is 2. The summed E-state index contributed by atoms with van der Waals surface area (Å²) >= 11 is 0. The number of amides is 1. The topological polar surface area (TPSA) is 55.8 Å². The molecule has 0 heterocycles. The fraction of sp³-hybridized carbons (Fsp3) is 0.182. The molecule has 138 valence electrons. The van der Waals surface area contributed by atoms with E-state index in [-0.39, 0.29) is 6.61 Å². The summed E-state index contributed by atoms with van der Waals surface area (Å²) in [5.41, 5.74) is 0.880. The second-order valence-electron chi connectivity index (χ2n) is 6.23. The van der Waals surface area contributed by atoms with Crippen molar-refractivity contribution in [2.75, 3.05) is 7.05 Å². The number of esters is 1. The Kier molecular flexibility index (Phi) is 5.71. The van der Waals surface area contributed by atoms with Gasteiger partial charge in [-0.05, 0) is 23.9 Å². The molecule has 0 spiro atoms. The van der Waals surface area contributed by atoms with Crippen LogP contribution in [-0.2, 0) is 16.1 Å². The number of hydrogen-bond donors (Lipinski definition) is 0. The van der Waals surface area contributed by atoms with Gasteiger partial charge in [-0.2, -0.15) is 0 Å². The molecular formula is C22H21NO4. The zero-order chi connectivity index (χ0) is 19.2. The van der Waals surface area contributed by atoms with E-state index in [1.165, 1.54) is 11.9 Å². The first-order chi connectivity index (χ1) is 13.1. The summed E-state index contributed by atoms with van der Waals surface area (Å²) in [6.07, 6.45) is -0.582. The normalized spacial score (nSPS) is 11.6. The highest BCUT2D eigenvalue weighted by Gasteiger charge is 2.25. The van der Waals surface area contributed by atoms with Crippen LogP contribution in [0.1, 0.15) is 12.5 Å². The van der Waals surface area contributed by atoms with E-state index in [2.05, 4.69) is 0 Å². The molecule has 0 fully saturated rings. The van der Waals surface area contributed by atoms with Crippen LogP contribution in [0.15, 0.2) is 72.8 Å². The molecule has 0 bridgehead atoms. The summed E-state index contributed by atoms with van der Waals surface area (Å²) in [6.45, 7) is 1.76. The highest BCUT2D eigenvalue weighted by atomic mass is 16.6. The lowest BCUT2D eigenvalue weighted by Crippen LogP contribution is -2.42. The molecule has 27 heavy (non-hydrogen) atoms. The lowest BCUT2D eigenvalue weighted by atomic mass is 10.1. The van der Waals surface area contributed by atoms with Crippen LogP contribution in [0.25, 0.3) is 10.8 Å². The van der Waals surface area contributed by atoms with E-state index in [1.54, 1.807) is 13.0 Å². The van der Waals surface area contributed by atoms with E-state index in [4.69, 9.17) is 9.47 Å². The number of rotatable bonds is 5. The van der Waals surface area contributed by atoms with Gasteiger partial charge in [0, 0.05) is 12.4 Å². The number of likely N-dealkylation sites (N-methyl/N-ethyl adjacent to an activating group) is 1. The van der Waals surface area contributed by atoms with E-state index < -0.39 is 18.1 Å². The lowest BCUT2D eigenvalue weighted by molar-refractivity contribution is -0.138. The largest absolute Gasteiger partial charge is 0.445 e. The Morgan fingerprint density at radius 2 is 1.59 bits per heavy atom. The van der Waals surface area contributed by atoms with E-state index in [0.717, 1.165) is 16.3 Å². The summed E-state index contributed by atoms with van der Waals surface area (Å²) < 4.78 is 10.8. The van der Waals surface area contributed by atoms with Gasteiger partial charge in [-0.3, -0.25) is 4.90 Å². The van der Waals surface area contributed by atoms with Crippen LogP contribution in [0.2, 0.25) is 0 Å². The van der Waals surface area contributed by atoms with Crippen molar-refractivity contribution in [3.63, 3.8) is 0 Å². The van der Waals surface area contributed by atoms with Gasteiger partial charge in [-0.1, -0.05) is 66.7 Å². The molecule has 0 saturated carbocycles. The minimum atomic E-state index is -0.785. The number of benzene rings is 3. The van der Waals surface area contributed by atoms with Gasteiger partial charge in [-0.25, -0.2) is 9.59 Å². The molecule has 0 aromatic heterocycles. The van der Waals surface area contributed by atoms with Crippen molar-refractivity contribution >= 4 is 22.8 Å². The fourth-order valence-electron chi connectivity index (χ4n) is 2.62. The Morgan fingerprint density at radius 1 is 0.926 bits per heavy atom. The van der Waals surface area contributed by atoms with E-state index in [1.807, 2.05) is 66.7 Å². The van der Waals surface area contributed by atoms with Gasteiger partial charge in [0.25, 0.3) is 0 Å².